The van der Waals surface area contributed by atoms with E-state index in [9.17, 15) is 25.9 Å². The Bertz CT molecular complexity index is 583. The van der Waals surface area contributed by atoms with Gasteiger partial charge in [0.1, 0.15) is 0 Å². The van der Waals surface area contributed by atoms with Crippen LogP contribution in [0.4, 0.5) is 0 Å². The van der Waals surface area contributed by atoms with E-state index < -0.39 is 20.2 Å². The molecular formula is C28H58O6S2Zn. The first-order valence-corrected chi connectivity index (χ1v) is 18.1. The van der Waals surface area contributed by atoms with Gasteiger partial charge in [-0.25, -0.2) is 16.8 Å². The summed E-state index contributed by atoms with van der Waals surface area (Å²) in [6, 6.07) is 0. The van der Waals surface area contributed by atoms with Crippen molar-refractivity contribution >= 4 is 20.2 Å². The Kier molecular flexibility index (Phi) is 35.1. The van der Waals surface area contributed by atoms with E-state index in [2.05, 4.69) is 13.8 Å². The first-order valence-electron chi connectivity index (χ1n) is 15.0. The minimum atomic E-state index is -3.99. The summed E-state index contributed by atoms with van der Waals surface area (Å²) in [5.74, 6) is -0.380. The molecule has 37 heavy (non-hydrogen) atoms. The molecular weight excluding hydrogens is 562 g/mol. The van der Waals surface area contributed by atoms with Gasteiger partial charge >= 0.3 is 19.5 Å². The Labute approximate surface area is 244 Å². The summed E-state index contributed by atoms with van der Waals surface area (Å²) < 4.78 is 62.1. The summed E-state index contributed by atoms with van der Waals surface area (Å²) in [5, 5.41) is 0. The predicted molar refractivity (Wildman–Crippen MR) is 151 cm³/mol. The molecule has 0 aromatic rings. The van der Waals surface area contributed by atoms with Crippen molar-refractivity contribution in [3.8, 4) is 0 Å². The molecule has 0 radical (unpaired) electrons. The first-order chi connectivity index (χ1) is 17.1. The van der Waals surface area contributed by atoms with Crippen LogP contribution in [0.25, 0.3) is 0 Å². The van der Waals surface area contributed by atoms with Crippen molar-refractivity contribution in [3.63, 3.8) is 0 Å². The quantitative estimate of drug-likeness (QED) is 0.0545. The van der Waals surface area contributed by atoms with Crippen LogP contribution in [0.2, 0.25) is 0 Å². The third kappa shape index (κ3) is 46.6. The summed E-state index contributed by atoms with van der Waals surface area (Å²) in [6.45, 7) is 4.47. The molecule has 0 aromatic carbocycles. The largest absolute Gasteiger partial charge is 2.00 e. The molecule has 0 bridgehead atoms. The molecule has 0 N–H and O–H groups in total. The molecule has 0 spiro atoms. The van der Waals surface area contributed by atoms with Crippen molar-refractivity contribution in [1.29, 1.82) is 0 Å². The van der Waals surface area contributed by atoms with E-state index in [0.717, 1.165) is 25.7 Å². The van der Waals surface area contributed by atoms with Crippen LogP contribution in [0.1, 0.15) is 168 Å². The van der Waals surface area contributed by atoms with E-state index in [1.165, 1.54) is 116 Å². The van der Waals surface area contributed by atoms with Crippen molar-refractivity contribution in [2.75, 3.05) is 11.5 Å². The second-order valence-corrected chi connectivity index (χ2v) is 13.3. The molecule has 0 aliphatic heterocycles. The molecule has 220 valence electrons. The number of hydrogen-bond donors (Lipinski definition) is 0. The maximum Gasteiger partial charge on any atom is 2.00 e. The van der Waals surface area contributed by atoms with E-state index in [4.69, 9.17) is 0 Å². The molecule has 0 aromatic heterocycles. The average Bonchev–Trinajstić information content (AvgIpc) is 2.79. The molecule has 9 heteroatoms. The Morgan fingerprint density at radius 2 is 0.514 bits per heavy atom. The van der Waals surface area contributed by atoms with Crippen LogP contribution in [0.3, 0.4) is 0 Å². The Morgan fingerprint density at radius 1 is 0.351 bits per heavy atom. The third-order valence-electron chi connectivity index (χ3n) is 6.50. The maximum atomic E-state index is 10.4. The van der Waals surface area contributed by atoms with E-state index in [1.807, 2.05) is 0 Å². The van der Waals surface area contributed by atoms with Gasteiger partial charge in [0.15, 0.2) is 0 Å². The van der Waals surface area contributed by atoms with Gasteiger partial charge in [0.25, 0.3) is 0 Å². The van der Waals surface area contributed by atoms with Crippen molar-refractivity contribution < 1.29 is 45.4 Å². The molecule has 0 saturated carbocycles. The smallest absolute Gasteiger partial charge is 0.748 e. The molecule has 0 atom stereocenters. The van der Waals surface area contributed by atoms with Gasteiger partial charge in [-0.15, -0.1) is 0 Å². The van der Waals surface area contributed by atoms with E-state index in [0.29, 0.717) is 12.8 Å². The molecule has 0 heterocycles. The second kappa shape index (κ2) is 31.0. The van der Waals surface area contributed by atoms with Gasteiger partial charge in [-0.1, -0.05) is 155 Å². The van der Waals surface area contributed by atoms with Crippen molar-refractivity contribution in [1.82, 2.24) is 0 Å². The normalized spacial score (nSPS) is 11.6. The predicted octanol–water partition coefficient (Wildman–Crippen LogP) is 8.46. The van der Waals surface area contributed by atoms with E-state index in [-0.39, 0.29) is 31.0 Å². The van der Waals surface area contributed by atoms with Gasteiger partial charge in [-0.05, 0) is 12.8 Å². The second-order valence-electron chi connectivity index (χ2n) is 10.3. The fourth-order valence-electron chi connectivity index (χ4n) is 4.24. The molecule has 0 amide bonds. The molecule has 0 aliphatic rings. The molecule has 0 aliphatic carbocycles. The van der Waals surface area contributed by atoms with Crippen molar-refractivity contribution in [2.45, 2.75) is 168 Å². The number of hydrogen-bond acceptors (Lipinski definition) is 6. The molecule has 0 rings (SSSR count). The van der Waals surface area contributed by atoms with E-state index >= 15 is 0 Å². The average molecular weight is 620 g/mol. The van der Waals surface area contributed by atoms with Crippen LogP contribution in [0.5, 0.6) is 0 Å². The first kappa shape index (κ1) is 41.9. The SMILES string of the molecule is CCCCCCCCCCCCCCS(=O)(=O)[O-].CCCCCCCCCCCCCCS(=O)(=O)[O-].[Zn+2]. The summed E-state index contributed by atoms with van der Waals surface area (Å²) in [7, 11) is -7.97. The third-order valence-corrected chi connectivity index (χ3v) is 8.07. The Hall–Kier alpha value is 0.443. The molecule has 0 unspecified atom stereocenters. The topological polar surface area (TPSA) is 114 Å². The van der Waals surface area contributed by atoms with Crippen LogP contribution in [0.15, 0.2) is 0 Å². The summed E-state index contributed by atoms with van der Waals surface area (Å²) in [4.78, 5) is 0. The maximum absolute atomic E-state index is 10.4. The summed E-state index contributed by atoms with van der Waals surface area (Å²) in [6.07, 6.45) is 28.6. The zero-order valence-corrected chi connectivity index (χ0v) is 29.0. The number of rotatable bonds is 26. The summed E-state index contributed by atoms with van der Waals surface area (Å²) >= 11 is 0. The van der Waals surface area contributed by atoms with Crippen molar-refractivity contribution in [2.24, 2.45) is 0 Å². The molecule has 0 fully saturated rings. The zero-order valence-electron chi connectivity index (χ0n) is 24.4. The Balaban J connectivity index is -0.000000608. The fraction of sp³-hybridized carbons (Fsp3) is 1.00. The number of unbranched alkanes of at least 4 members (excludes halogenated alkanes) is 22. The fourth-order valence-corrected chi connectivity index (χ4v) is 5.36. The van der Waals surface area contributed by atoms with Crippen LogP contribution >= 0.6 is 0 Å². The van der Waals surface area contributed by atoms with Gasteiger partial charge in [0, 0.05) is 11.5 Å². The molecule has 0 saturated heterocycles. The van der Waals surface area contributed by atoms with Crippen LogP contribution in [0, 0.1) is 0 Å². The van der Waals surface area contributed by atoms with E-state index in [1.54, 1.807) is 0 Å². The van der Waals surface area contributed by atoms with Gasteiger partial charge in [0.05, 0.1) is 20.2 Å². The van der Waals surface area contributed by atoms with Crippen molar-refractivity contribution in [3.05, 3.63) is 0 Å². The van der Waals surface area contributed by atoms with Gasteiger partial charge in [-0.2, -0.15) is 0 Å². The van der Waals surface area contributed by atoms with Crippen LogP contribution in [-0.4, -0.2) is 37.4 Å². The summed E-state index contributed by atoms with van der Waals surface area (Å²) in [5.41, 5.74) is 0. The van der Waals surface area contributed by atoms with Crippen LogP contribution in [-0.2, 0) is 39.7 Å². The van der Waals surface area contributed by atoms with Gasteiger partial charge < -0.3 is 9.11 Å². The minimum Gasteiger partial charge on any atom is -0.748 e. The van der Waals surface area contributed by atoms with Gasteiger partial charge in [-0.3, -0.25) is 0 Å². The standard InChI is InChI=1S/2C14H30O3S.Zn/c2*1-2-3-4-5-6-7-8-9-10-11-12-13-14-18(15,16)17;/h2*2-14H2,1H3,(H,15,16,17);/q;;+2/p-2. The molecule has 6 nitrogen and oxygen atoms in total. The monoisotopic (exact) mass is 618 g/mol. The zero-order chi connectivity index (χ0) is 27.4. The van der Waals surface area contributed by atoms with Crippen LogP contribution < -0.4 is 0 Å². The Morgan fingerprint density at radius 3 is 0.676 bits per heavy atom. The van der Waals surface area contributed by atoms with Gasteiger partial charge in [0.2, 0.25) is 0 Å². The minimum absolute atomic E-state index is 0.